The maximum Gasteiger partial charge on any atom is 0.410 e. The maximum absolute atomic E-state index is 13.0. The summed E-state index contributed by atoms with van der Waals surface area (Å²) in [6.45, 7) is 6.95. The molecule has 1 N–H and O–H groups in total. The summed E-state index contributed by atoms with van der Waals surface area (Å²) in [4.78, 5) is 14.4. The van der Waals surface area contributed by atoms with E-state index in [1.54, 1.807) is 47.4 Å². The first-order valence-corrected chi connectivity index (χ1v) is 13.0. The van der Waals surface area contributed by atoms with Gasteiger partial charge in [-0.3, -0.25) is 0 Å². The molecule has 2 aromatic rings. The van der Waals surface area contributed by atoms with Crippen LogP contribution in [0.25, 0.3) is 0 Å². The molecule has 1 amide bonds. The van der Waals surface area contributed by atoms with Crippen molar-refractivity contribution < 1.29 is 22.7 Å². The molecule has 3 rings (SSSR count). The van der Waals surface area contributed by atoms with E-state index in [-0.39, 0.29) is 34.4 Å². The first kappa shape index (κ1) is 25.2. The van der Waals surface area contributed by atoms with Crippen LogP contribution in [-0.2, 0) is 14.6 Å². The number of ether oxygens (including phenoxy) is 2. The van der Waals surface area contributed by atoms with Crippen molar-refractivity contribution in [3.63, 3.8) is 0 Å². The summed E-state index contributed by atoms with van der Waals surface area (Å²) in [5.41, 5.74) is 0.172. The topological polar surface area (TPSA) is 84.9 Å². The van der Waals surface area contributed by atoms with Crippen molar-refractivity contribution in [2.45, 2.75) is 55.0 Å². The van der Waals surface area contributed by atoms with Crippen molar-refractivity contribution in [2.75, 3.05) is 30.9 Å². The summed E-state index contributed by atoms with van der Waals surface area (Å²) in [7, 11) is -3.67. The van der Waals surface area contributed by atoms with E-state index in [0.717, 1.165) is 12.8 Å². The average molecular weight is 495 g/mol. The summed E-state index contributed by atoms with van der Waals surface area (Å²) in [5, 5.41) is 3.44. The second kappa shape index (κ2) is 10.7. The van der Waals surface area contributed by atoms with Crippen LogP contribution in [-0.4, -0.2) is 56.6 Å². The number of carbonyl (C=O) groups excluding carboxylic acids is 1. The lowest BCUT2D eigenvalue weighted by molar-refractivity contribution is 0.0210. The third-order valence-corrected chi connectivity index (χ3v) is 7.08. The van der Waals surface area contributed by atoms with E-state index < -0.39 is 15.4 Å². The highest BCUT2D eigenvalue weighted by Gasteiger charge is 2.27. The molecule has 2 aromatic carbocycles. The molecule has 0 radical (unpaired) electrons. The zero-order valence-electron chi connectivity index (χ0n) is 19.2. The molecule has 1 aliphatic heterocycles. The third kappa shape index (κ3) is 6.77. The van der Waals surface area contributed by atoms with Crippen LogP contribution in [0, 0.1) is 0 Å². The fourth-order valence-electron chi connectivity index (χ4n) is 3.55. The van der Waals surface area contributed by atoms with Crippen LogP contribution in [0.15, 0.2) is 58.3 Å². The largest absolute Gasteiger partial charge is 0.490 e. The van der Waals surface area contributed by atoms with Crippen molar-refractivity contribution in [1.29, 1.82) is 0 Å². The van der Waals surface area contributed by atoms with Crippen LogP contribution in [0.3, 0.4) is 0 Å². The summed E-state index contributed by atoms with van der Waals surface area (Å²) >= 11 is 5.80. The quantitative estimate of drug-likeness (QED) is 0.548. The average Bonchev–Trinajstić information content (AvgIpc) is 2.78. The second-order valence-corrected chi connectivity index (χ2v) is 11.2. The molecule has 33 heavy (non-hydrogen) atoms. The molecule has 0 aromatic heterocycles. The molecule has 1 heterocycles. The second-order valence-electron chi connectivity index (χ2n) is 8.90. The molecule has 1 saturated heterocycles. The van der Waals surface area contributed by atoms with Crippen molar-refractivity contribution in [3.8, 4) is 5.75 Å². The molecule has 9 heteroatoms. The lowest BCUT2D eigenvalue weighted by Crippen LogP contribution is -2.44. The van der Waals surface area contributed by atoms with Gasteiger partial charge in [0.1, 0.15) is 18.0 Å². The van der Waals surface area contributed by atoms with E-state index >= 15 is 0 Å². The fraction of sp³-hybridized carbons (Fsp3) is 0.458. The molecular weight excluding hydrogens is 464 g/mol. The monoisotopic (exact) mass is 494 g/mol. The number of alkyl halides is 1. The Labute approximate surface area is 200 Å². The van der Waals surface area contributed by atoms with Gasteiger partial charge in [0.25, 0.3) is 0 Å². The molecule has 180 valence electrons. The minimum atomic E-state index is -3.67. The predicted octanol–water partition coefficient (Wildman–Crippen LogP) is 4.95. The Morgan fingerprint density at radius 2 is 1.76 bits per heavy atom. The zero-order chi connectivity index (χ0) is 24.1. The molecule has 0 saturated carbocycles. The maximum atomic E-state index is 13.0. The van der Waals surface area contributed by atoms with Gasteiger partial charge in [0.05, 0.1) is 21.4 Å². The van der Waals surface area contributed by atoms with Crippen molar-refractivity contribution in [2.24, 2.45) is 0 Å². The van der Waals surface area contributed by atoms with Gasteiger partial charge in [-0.15, -0.1) is 11.6 Å². The number of hydrogen-bond donors (Lipinski definition) is 1. The number of halogens is 1. The highest BCUT2D eigenvalue weighted by molar-refractivity contribution is 7.91. The Kier molecular flexibility index (Phi) is 8.13. The van der Waals surface area contributed by atoms with Crippen LogP contribution in [0.5, 0.6) is 5.75 Å². The molecule has 0 unspecified atom stereocenters. The number of carbonyl (C=O) groups is 1. The normalized spacial score (nSPS) is 15.2. The summed E-state index contributed by atoms with van der Waals surface area (Å²) in [5.74, 6) is 0.714. The van der Waals surface area contributed by atoms with Gasteiger partial charge < -0.3 is 19.7 Å². The Balaban J connectivity index is 1.72. The summed E-state index contributed by atoms with van der Waals surface area (Å²) < 4.78 is 37.2. The van der Waals surface area contributed by atoms with Crippen molar-refractivity contribution >= 4 is 33.2 Å². The van der Waals surface area contributed by atoms with Crippen LogP contribution in [0.4, 0.5) is 10.5 Å². The predicted molar refractivity (Wildman–Crippen MR) is 129 cm³/mol. The lowest BCUT2D eigenvalue weighted by Gasteiger charge is -2.34. The smallest absolute Gasteiger partial charge is 0.410 e. The van der Waals surface area contributed by atoms with Gasteiger partial charge in [0.15, 0.2) is 0 Å². The Morgan fingerprint density at radius 1 is 1.09 bits per heavy atom. The molecule has 7 nitrogen and oxygen atoms in total. The number of sulfone groups is 1. The molecule has 0 aliphatic carbocycles. The third-order valence-electron chi connectivity index (χ3n) is 5.16. The number of piperidine rings is 1. The molecule has 0 spiro atoms. The number of nitrogens with zero attached hydrogens (tertiary/aromatic N) is 1. The molecule has 1 fully saturated rings. The highest BCUT2D eigenvalue weighted by Crippen LogP contribution is 2.32. The Bertz CT molecular complexity index is 1050. The van der Waals surface area contributed by atoms with Crippen LogP contribution < -0.4 is 10.1 Å². The minimum Gasteiger partial charge on any atom is -0.490 e. The van der Waals surface area contributed by atoms with Crippen LogP contribution in [0.1, 0.15) is 33.6 Å². The molecule has 1 aliphatic rings. The number of likely N-dealkylation sites (tertiary alicyclic amines) is 1. The zero-order valence-corrected chi connectivity index (χ0v) is 20.8. The van der Waals surface area contributed by atoms with E-state index in [1.807, 2.05) is 20.8 Å². The first-order chi connectivity index (χ1) is 15.6. The van der Waals surface area contributed by atoms with E-state index in [2.05, 4.69) is 5.32 Å². The molecular formula is C24H31ClN2O5S. The molecule has 0 bridgehead atoms. The van der Waals surface area contributed by atoms with Gasteiger partial charge in [0, 0.05) is 25.2 Å². The number of rotatable bonds is 7. The Hall–Kier alpha value is -2.45. The van der Waals surface area contributed by atoms with E-state index in [4.69, 9.17) is 21.1 Å². The van der Waals surface area contributed by atoms with Gasteiger partial charge in [-0.25, -0.2) is 13.2 Å². The summed E-state index contributed by atoms with van der Waals surface area (Å²) in [6, 6.07) is 13.2. The fourth-order valence-corrected chi connectivity index (χ4v) is 4.92. The van der Waals surface area contributed by atoms with Crippen molar-refractivity contribution in [3.05, 3.63) is 48.5 Å². The Morgan fingerprint density at radius 3 is 2.36 bits per heavy atom. The van der Waals surface area contributed by atoms with E-state index in [0.29, 0.717) is 24.5 Å². The molecule has 0 atom stereocenters. The number of anilines is 1. The van der Waals surface area contributed by atoms with E-state index in [9.17, 15) is 13.2 Å². The SMILES string of the molecule is CC(C)(C)OC(=O)N1CCC(Nc2ccc(S(=O)(=O)c3ccccc3)cc2OCCCl)CC1. The highest BCUT2D eigenvalue weighted by atomic mass is 35.5. The van der Waals surface area contributed by atoms with Crippen molar-refractivity contribution in [1.82, 2.24) is 4.90 Å². The van der Waals surface area contributed by atoms with Gasteiger partial charge in [0.2, 0.25) is 9.84 Å². The van der Waals surface area contributed by atoms with Crippen LogP contribution in [0.2, 0.25) is 0 Å². The number of benzene rings is 2. The van der Waals surface area contributed by atoms with Gasteiger partial charge >= 0.3 is 6.09 Å². The lowest BCUT2D eigenvalue weighted by atomic mass is 10.0. The summed E-state index contributed by atoms with van der Waals surface area (Å²) in [6.07, 6.45) is 1.17. The van der Waals surface area contributed by atoms with Crippen LogP contribution >= 0.6 is 11.6 Å². The minimum absolute atomic E-state index is 0.110. The number of hydrogen-bond acceptors (Lipinski definition) is 6. The number of amides is 1. The van der Waals surface area contributed by atoms with Gasteiger partial charge in [-0.2, -0.15) is 0 Å². The van der Waals surface area contributed by atoms with Gasteiger partial charge in [-0.1, -0.05) is 18.2 Å². The first-order valence-electron chi connectivity index (χ1n) is 11.0. The number of nitrogens with one attached hydrogen (secondary N) is 1. The van der Waals surface area contributed by atoms with Gasteiger partial charge in [-0.05, 0) is 57.9 Å². The standard InChI is InChI=1S/C24H31ClN2O5S/c1-24(2,3)32-23(28)27-14-11-18(12-15-27)26-21-10-9-20(17-22(21)31-16-13-25)33(29,30)19-7-5-4-6-8-19/h4-10,17-18,26H,11-16H2,1-3H3. The van der Waals surface area contributed by atoms with E-state index in [1.165, 1.54) is 6.07 Å².